The summed E-state index contributed by atoms with van der Waals surface area (Å²) in [5.41, 5.74) is 0.734. The third kappa shape index (κ3) is 5.23. The van der Waals surface area contributed by atoms with Gasteiger partial charge in [-0.1, -0.05) is 16.8 Å². The molecule has 0 spiro atoms. The molecule has 0 N–H and O–H groups in total. The van der Waals surface area contributed by atoms with Crippen LogP contribution in [0, 0.1) is 11.7 Å². The Labute approximate surface area is 196 Å². The molecule has 0 unspecified atom stereocenters. The van der Waals surface area contributed by atoms with Crippen molar-refractivity contribution in [3.8, 4) is 11.4 Å². The van der Waals surface area contributed by atoms with Crippen molar-refractivity contribution in [1.29, 1.82) is 0 Å². The van der Waals surface area contributed by atoms with Gasteiger partial charge in [0.15, 0.2) is 0 Å². The van der Waals surface area contributed by atoms with Crippen LogP contribution in [0.5, 0.6) is 0 Å². The maximum Gasteiger partial charge on any atom is 0.246 e. The van der Waals surface area contributed by atoms with Crippen molar-refractivity contribution in [3.05, 3.63) is 65.3 Å². The van der Waals surface area contributed by atoms with Gasteiger partial charge in [0.2, 0.25) is 27.6 Å². The van der Waals surface area contributed by atoms with Gasteiger partial charge in [-0.25, -0.2) is 12.8 Å². The maximum absolute atomic E-state index is 13.2. The van der Waals surface area contributed by atoms with E-state index in [4.69, 9.17) is 16.1 Å². The molecule has 1 saturated heterocycles. The van der Waals surface area contributed by atoms with Crippen molar-refractivity contribution < 1.29 is 22.1 Å². The van der Waals surface area contributed by atoms with E-state index in [9.17, 15) is 17.6 Å². The van der Waals surface area contributed by atoms with Crippen molar-refractivity contribution in [2.24, 2.45) is 5.92 Å². The van der Waals surface area contributed by atoms with E-state index in [1.54, 1.807) is 31.3 Å². The number of amides is 1. The van der Waals surface area contributed by atoms with Gasteiger partial charge < -0.3 is 9.42 Å². The summed E-state index contributed by atoms with van der Waals surface area (Å²) in [4.78, 5) is 18.8. The number of nitrogens with zero attached hydrogens (tertiary/aromatic N) is 4. The van der Waals surface area contributed by atoms with E-state index in [-0.39, 0.29) is 29.8 Å². The van der Waals surface area contributed by atoms with Crippen LogP contribution >= 0.6 is 11.6 Å². The second-order valence-corrected chi connectivity index (χ2v) is 10.2. The zero-order valence-corrected chi connectivity index (χ0v) is 19.4. The SMILES string of the molecule is CN(Cc1nc(-c2ccc(Cl)cc2)no1)C(=O)[C@@H]1CCCN(S(=O)(=O)c2ccc(F)cc2)C1. The van der Waals surface area contributed by atoms with Crippen LogP contribution in [0.1, 0.15) is 18.7 Å². The molecular weight excluding hydrogens is 471 g/mol. The number of benzene rings is 2. The minimum Gasteiger partial charge on any atom is -0.337 e. The first-order valence-electron chi connectivity index (χ1n) is 10.3. The van der Waals surface area contributed by atoms with Gasteiger partial charge in [0, 0.05) is 30.7 Å². The first-order chi connectivity index (χ1) is 15.7. The van der Waals surface area contributed by atoms with Crippen LogP contribution in [0.25, 0.3) is 11.4 Å². The van der Waals surface area contributed by atoms with Gasteiger partial charge in [0.1, 0.15) is 5.82 Å². The Bertz CT molecular complexity index is 1230. The van der Waals surface area contributed by atoms with Crippen LogP contribution in [-0.4, -0.2) is 53.8 Å². The Morgan fingerprint density at radius 1 is 1.21 bits per heavy atom. The standard InChI is InChI=1S/C22H22ClFN4O4S/c1-27(14-20-25-21(26-32-20)15-4-6-17(23)7-5-15)22(29)16-3-2-12-28(13-16)33(30,31)19-10-8-18(24)9-11-19/h4-11,16H,2-3,12-14H2,1H3/t16-/m1/s1. The number of sulfonamides is 1. The van der Waals surface area contributed by atoms with Gasteiger partial charge in [0.25, 0.3) is 0 Å². The molecule has 1 aliphatic rings. The smallest absolute Gasteiger partial charge is 0.246 e. The molecule has 0 saturated carbocycles. The highest BCUT2D eigenvalue weighted by Gasteiger charge is 2.34. The zero-order chi connectivity index (χ0) is 23.6. The first kappa shape index (κ1) is 23.3. The third-order valence-corrected chi connectivity index (χ3v) is 7.64. The first-order valence-corrected chi connectivity index (χ1v) is 12.1. The highest BCUT2D eigenvalue weighted by atomic mass is 35.5. The van der Waals surface area contributed by atoms with Crippen molar-refractivity contribution >= 4 is 27.5 Å². The molecule has 174 valence electrons. The molecule has 0 radical (unpaired) electrons. The molecular formula is C22H22ClFN4O4S. The van der Waals surface area contributed by atoms with E-state index in [1.165, 1.54) is 21.3 Å². The van der Waals surface area contributed by atoms with E-state index in [0.29, 0.717) is 30.2 Å². The van der Waals surface area contributed by atoms with Gasteiger partial charge in [-0.2, -0.15) is 9.29 Å². The number of piperidine rings is 1. The molecule has 0 bridgehead atoms. The minimum atomic E-state index is -3.81. The predicted octanol–water partition coefficient (Wildman–Crippen LogP) is 3.59. The zero-order valence-electron chi connectivity index (χ0n) is 17.8. The lowest BCUT2D eigenvalue weighted by atomic mass is 9.98. The molecule has 1 amide bonds. The van der Waals surface area contributed by atoms with Gasteiger partial charge in [-0.15, -0.1) is 0 Å². The third-order valence-electron chi connectivity index (χ3n) is 5.50. The molecule has 11 heteroatoms. The summed E-state index contributed by atoms with van der Waals surface area (Å²) in [6.07, 6.45) is 1.12. The van der Waals surface area contributed by atoms with Crippen molar-refractivity contribution in [2.75, 3.05) is 20.1 Å². The lowest BCUT2D eigenvalue weighted by Crippen LogP contribution is -2.45. The van der Waals surface area contributed by atoms with Crippen LogP contribution in [0.15, 0.2) is 57.9 Å². The molecule has 1 atom stereocenters. The van der Waals surface area contributed by atoms with Gasteiger partial charge in [-0.05, 0) is 61.4 Å². The largest absolute Gasteiger partial charge is 0.337 e. The Morgan fingerprint density at radius 2 is 1.91 bits per heavy atom. The molecule has 1 fully saturated rings. The van der Waals surface area contributed by atoms with Gasteiger partial charge in [-0.3, -0.25) is 4.79 Å². The summed E-state index contributed by atoms with van der Waals surface area (Å²) in [5, 5.41) is 4.54. The topological polar surface area (TPSA) is 96.6 Å². The Hall–Kier alpha value is -2.82. The van der Waals surface area contributed by atoms with Crippen LogP contribution in [-0.2, 0) is 21.4 Å². The Kier molecular flexibility index (Phi) is 6.78. The molecule has 1 aromatic heterocycles. The molecule has 1 aliphatic heterocycles. The summed E-state index contributed by atoms with van der Waals surface area (Å²) >= 11 is 5.90. The van der Waals surface area contributed by atoms with Crippen LogP contribution in [0.2, 0.25) is 5.02 Å². The number of carbonyl (C=O) groups is 1. The fraction of sp³-hybridized carbons (Fsp3) is 0.318. The summed E-state index contributed by atoms with van der Waals surface area (Å²) in [6.45, 7) is 0.463. The number of hydrogen-bond acceptors (Lipinski definition) is 6. The summed E-state index contributed by atoms with van der Waals surface area (Å²) < 4.78 is 45.6. The normalized spacial score (nSPS) is 17.1. The second kappa shape index (κ2) is 9.58. The van der Waals surface area contributed by atoms with Crippen LogP contribution < -0.4 is 0 Å². The lowest BCUT2D eigenvalue weighted by molar-refractivity contribution is -0.136. The molecule has 33 heavy (non-hydrogen) atoms. The summed E-state index contributed by atoms with van der Waals surface area (Å²) in [7, 11) is -2.20. The lowest BCUT2D eigenvalue weighted by Gasteiger charge is -2.33. The van der Waals surface area contributed by atoms with Crippen molar-refractivity contribution in [2.45, 2.75) is 24.3 Å². The molecule has 8 nitrogen and oxygen atoms in total. The minimum absolute atomic E-state index is 0.00550. The maximum atomic E-state index is 13.2. The number of hydrogen-bond donors (Lipinski definition) is 0. The quantitative estimate of drug-likeness (QED) is 0.521. The molecule has 2 aromatic carbocycles. The Morgan fingerprint density at radius 3 is 2.61 bits per heavy atom. The average molecular weight is 493 g/mol. The van der Waals surface area contributed by atoms with E-state index in [2.05, 4.69) is 10.1 Å². The predicted molar refractivity (Wildman–Crippen MR) is 119 cm³/mol. The van der Waals surface area contributed by atoms with Gasteiger partial charge >= 0.3 is 0 Å². The average Bonchev–Trinajstić information content (AvgIpc) is 3.27. The second-order valence-electron chi connectivity index (χ2n) is 7.87. The highest BCUT2D eigenvalue weighted by Crippen LogP contribution is 2.26. The van der Waals surface area contributed by atoms with Crippen molar-refractivity contribution in [1.82, 2.24) is 19.3 Å². The van der Waals surface area contributed by atoms with E-state index >= 15 is 0 Å². The molecule has 2 heterocycles. The number of halogens is 2. The van der Waals surface area contributed by atoms with Gasteiger partial charge in [0.05, 0.1) is 17.4 Å². The number of rotatable bonds is 6. The molecule has 4 rings (SSSR count). The fourth-order valence-corrected chi connectivity index (χ4v) is 5.40. The number of aromatic nitrogens is 2. The highest BCUT2D eigenvalue weighted by molar-refractivity contribution is 7.89. The summed E-state index contributed by atoms with van der Waals surface area (Å²) in [6, 6.07) is 11.7. The number of carbonyl (C=O) groups excluding carboxylic acids is 1. The van der Waals surface area contributed by atoms with E-state index in [0.717, 1.165) is 17.7 Å². The van der Waals surface area contributed by atoms with E-state index < -0.39 is 21.8 Å². The fourth-order valence-electron chi connectivity index (χ4n) is 3.75. The van der Waals surface area contributed by atoms with Crippen LogP contribution in [0.3, 0.4) is 0 Å². The van der Waals surface area contributed by atoms with Crippen molar-refractivity contribution in [3.63, 3.8) is 0 Å². The van der Waals surface area contributed by atoms with Crippen LogP contribution in [0.4, 0.5) is 4.39 Å². The van der Waals surface area contributed by atoms with E-state index in [1.807, 2.05) is 0 Å². The molecule has 3 aromatic rings. The summed E-state index contributed by atoms with van der Waals surface area (Å²) in [5.74, 6) is -0.570. The monoisotopic (exact) mass is 492 g/mol. The molecule has 0 aliphatic carbocycles. The Balaban J connectivity index is 1.41.